The number of carboxylic acid groups (broad SMARTS) is 1. The Bertz CT molecular complexity index is 783. The predicted octanol–water partition coefficient (Wildman–Crippen LogP) is 1.13. The first-order valence-electron chi connectivity index (χ1n) is 8.23. The van der Waals surface area contributed by atoms with Crippen molar-refractivity contribution in [3.05, 3.63) is 23.8 Å². The normalized spacial score (nSPS) is 16.7. The third-order valence-corrected chi connectivity index (χ3v) is 6.19. The van der Waals surface area contributed by atoms with Crippen LogP contribution < -0.4 is 9.47 Å². The number of nitrogens with zero attached hydrogens (tertiary/aromatic N) is 2. The Balaban J connectivity index is 2.48. The summed E-state index contributed by atoms with van der Waals surface area (Å²) in [4.78, 5) is 12.9. The van der Waals surface area contributed by atoms with Gasteiger partial charge in [0, 0.05) is 32.3 Å². The maximum absolute atomic E-state index is 13.2. The Hall–Kier alpha value is -2.10. The Labute approximate surface area is 153 Å². The van der Waals surface area contributed by atoms with Crippen LogP contribution in [0.4, 0.5) is 0 Å². The number of likely N-dealkylation sites (N-methyl/N-ethyl adjacent to an activating group) is 1. The van der Waals surface area contributed by atoms with Gasteiger partial charge < -0.3 is 19.5 Å². The number of hydrogen-bond donors (Lipinski definition) is 1. The van der Waals surface area contributed by atoms with Gasteiger partial charge >= 0.3 is 5.97 Å². The van der Waals surface area contributed by atoms with Gasteiger partial charge in [-0.25, -0.2) is 13.2 Å². The number of ether oxygens (including phenoxy) is 2. The summed E-state index contributed by atoms with van der Waals surface area (Å²) in [7, 11) is -1.03. The van der Waals surface area contributed by atoms with Gasteiger partial charge in [0.15, 0.2) is 11.5 Å². The molecule has 1 aliphatic heterocycles. The fraction of sp³-hybridized carbons (Fsp3) is 0.471. The zero-order valence-corrected chi connectivity index (χ0v) is 16.0. The van der Waals surface area contributed by atoms with Crippen molar-refractivity contribution in [1.82, 2.24) is 9.21 Å². The number of piperazine rings is 1. The van der Waals surface area contributed by atoms with Crippen molar-refractivity contribution in [2.75, 3.05) is 46.9 Å². The van der Waals surface area contributed by atoms with Gasteiger partial charge in [-0.1, -0.05) is 6.92 Å². The molecule has 8 nitrogen and oxygen atoms in total. The number of methoxy groups -OCH3 is 2. The van der Waals surface area contributed by atoms with Crippen molar-refractivity contribution >= 4 is 22.1 Å². The highest BCUT2D eigenvalue weighted by Crippen LogP contribution is 2.37. The molecule has 0 atom stereocenters. The molecule has 0 saturated carbocycles. The number of carboxylic acids is 1. The summed E-state index contributed by atoms with van der Waals surface area (Å²) in [6.45, 7) is 5.01. The van der Waals surface area contributed by atoms with Crippen LogP contribution in [0.15, 0.2) is 23.1 Å². The number of rotatable bonds is 7. The van der Waals surface area contributed by atoms with Crippen molar-refractivity contribution in [1.29, 1.82) is 0 Å². The lowest BCUT2D eigenvalue weighted by Crippen LogP contribution is -2.48. The summed E-state index contributed by atoms with van der Waals surface area (Å²) >= 11 is 0. The number of benzene rings is 1. The minimum Gasteiger partial charge on any atom is -0.493 e. The second-order valence-electron chi connectivity index (χ2n) is 5.76. The van der Waals surface area contributed by atoms with Gasteiger partial charge in [0.2, 0.25) is 10.0 Å². The van der Waals surface area contributed by atoms with E-state index < -0.39 is 16.0 Å². The van der Waals surface area contributed by atoms with Gasteiger partial charge in [0.25, 0.3) is 0 Å². The lowest BCUT2D eigenvalue weighted by molar-refractivity contribution is -0.131. The van der Waals surface area contributed by atoms with E-state index in [0.29, 0.717) is 31.7 Å². The van der Waals surface area contributed by atoms with Crippen LogP contribution in [0.5, 0.6) is 11.5 Å². The summed E-state index contributed by atoms with van der Waals surface area (Å²) in [5.74, 6) is -0.788. The standard InChI is InChI=1S/C17H24N2O6S/c1-4-18-7-9-19(10-8-18)26(22,23)15-12-13(5-6-16(20)21)11-14(24-2)17(15)25-3/h5-6,11-12H,4,7-10H2,1-3H3,(H,20,21). The maximum Gasteiger partial charge on any atom is 0.328 e. The second-order valence-corrected chi connectivity index (χ2v) is 7.67. The minimum absolute atomic E-state index is 0.0330. The largest absolute Gasteiger partial charge is 0.493 e. The van der Waals surface area contributed by atoms with Crippen LogP contribution in [0.1, 0.15) is 12.5 Å². The van der Waals surface area contributed by atoms with Crippen LogP contribution >= 0.6 is 0 Å². The molecule has 0 bridgehead atoms. The van der Waals surface area contributed by atoms with Crippen molar-refractivity contribution in [2.45, 2.75) is 11.8 Å². The molecule has 144 valence electrons. The summed E-state index contributed by atoms with van der Waals surface area (Å²) in [6.07, 6.45) is 2.26. The molecule has 1 N–H and O–H groups in total. The molecule has 0 radical (unpaired) electrons. The van der Waals surface area contributed by atoms with Crippen LogP contribution in [0.2, 0.25) is 0 Å². The first-order chi connectivity index (χ1) is 12.3. The average molecular weight is 384 g/mol. The second kappa shape index (κ2) is 8.52. The minimum atomic E-state index is -3.81. The summed E-state index contributed by atoms with van der Waals surface area (Å²) in [6, 6.07) is 2.94. The number of hydrogen-bond acceptors (Lipinski definition) is 6. The molecular weight excluding hydrogens is 360 g/mol. The zero-order valence-electron chi connectivity index (χ0n) is 15.1. The van der Waals surface area contributed by atoms with Crippen molar-refractivity contribution in [3.8, 4) is 11.5 Å². The molecule has 1 aromatic rings. The highest BCUT2D eigenvalue weighted by atomic mass is 32.2. The molecule has 1 aliphatic rings. The van der Waals surface area contributed by atoms with E-state index in [0.717, 1.165) is 12.6 Å². The number of carbonyl (C=O) groups is 1. The molecule has 1 fully saturated rings. The molecule has 1 saturated heterocycles. The first-order valence-corrected chi connectivity index (χ1v) is 9.67. The zero-order chi connectivity index (χ0) is 19.3. The predicted molar refractivity (Wildman–Crippen MR) is 97.1 cm³/mol. The number of aliphatic carboxylic acids is 1. The summed E-state index contributed by atoms with van der Waals surface area (Å²) < 4.78 is 38.3. The molecule has 0 aliphatic carbocycles. The molecule has 9 heteroatoms. The smallest absolute Gasteiger partial charge is 0.328 e. The van der Waals surface area contributed by atoms with E-state index in [9.17, 15) is 13.2 Å². The van der Waals surface area contributed by atoms with E-state index >= 15 is 0 Å². The van der Waals surface area contributed by atoms with E-state index in [4.69, 9.17) is 14.6 Å². The molecular formula is C17H24N2O6S. The van der Waals surface area contributed by atoms with Gasteiger partial charge in [-0.2, -0.15) is 4.31 Å². The third kappa shape index (κ3) is 4.35. The Kier molecular flexibility index (Phi) is 6.63. The summed E-state index contributed by atoms with van der Waals surface area (Å²) in [5.41, 5.74) is 0.399. The van der Waals surface area contributed by atoms with E-state index in [1.54, 1.807) is 0 Å². The average Bonchev–Trinajstić information content (AvgIpc) is 2.65. The molecule has 0 aromatic heterocycles. The summed E-state index contributed by atoms with van der Waals surface area (Å²) in [5, 5.41) is 8.81. The van der Waals surface area contributed by atoms with Gasteiger partial charge in [-0.05, 0) is 30.3 Å². The fourth-order valence-electron chi connectivity index (χ4n) is 2.83. The van der Waals surface area contributed by atoms with Crippen molar-refractivity contribution in [3.63, 3.8) is 0 Å². The van der Waals surface area contributed by atoms with Gasteiger partial charge in [0.05, 0.1) is 14.2 Å². The van der Waals surface area contributed by atoms with Crippen molar-refractivity contribution in [2.24, 2.45) is 0 Å². The van der Waals surface area contributed by atoms with E-state index in [-0.39, 0.29) is 16.4 Å². The fourth-order valence-corrected chi connectivity index (χ4v) is 4.46. The SMILES string of the molecule is CCN1CCN(S(=O)(=O)c2cc(C=CC(=O)O)cc(OC)c2OC)CC1. The van der Waals surface area contributed by atoms with Crippen LogP contribution in [-0.4, -0.2) is 75.6 Å². The third-order valence-electron chi connectivity index (χ3n) is 4.28. The van der Waals surface area contributed by atoms with Gasteiger partial charge in [0.1, 0.15) is 4.90 Å². The lowest BCUT2D eigenvalue weighted by Gasteiger charge is -2.33. The highest BCUT2D eigenvalue weighted by molar-refractivity contribution is 7.89. The van der Waals surface area contributed by atoms with Crippen LogP contribution in [0.3, 0.4) is 0 Å². The Morgan fingerprint density at radius 3 is 2.35 bits per heavy atom. The monoisotopic (exact) mass is 384 g/mol. The Morgan fingerprint density at radius 2 is 1.85 bits per heavy atom. The van der Waals surface area contributed by atoms with Gasteiger partial charge in [-0.3, -0.25) is 0 Å². The van der Waals surface area contributed by atoms with Crippen LogP contribution in [-0.2, 0) is 14.8 Å². The van der Waals surface area contributed by atoms with Gasteiger partial charge in [-0.15, -0.1) is 0 Å². The molecule has 0 spiro atoms. The molecule has 0 amide bonds. The molecule has 1 aromatic carbocycles. The lowest BCUT2D eigenvalue weighted by atomic mass is 10.2. The van der Waals surface area contributed by atoms with E-state index in [1.807, 2.05) is 6.92 Å². The quantitative estimate of drug-likeness (QED) is 0.704. The van der Waals surface area contributed by atoms with Crippen molar-refractivity contribution < 1.29 is 27.8 Å². The molecule has 1 heterocycles. The Morgan fingerprint density at radius 1 is 1.19 bits per heavy atom. The highest BCUT2D eigenvalue weighted by Gasteiger charge is 2.32. The number of sulfonamides is 1. The molecule has 0 unspecified atom stereocenters. The van der Waals surface area contributed by atoms with E-state index in [2.05, 4.69) is 4.90 Å². The van der Waals surface area contributed by atoms with E-state index in [1.165, 1.54) is 36.7 Å². The first kappa shape index (κ1) is 20.2. The topological polar surface area (TPSA) is 96.4 Å². The molecule has 26 heavy (non-hydrogen) atoms. The van der Waals surface area contributed by atoms with Crippen LogP contribution in [0, 0.1) is 0 Å². The molecule has 2 rings (SSSR count). The maximum atomic E-state index is 13.2. The van der Waals surface area contributed by atoms with Crippen LogP contribution in [0.25, 0.3) is 6.08 Å².